The first-order valence-electron chi connectivity index (χ1n) is 9.30. The van der Waals surface area contributed by atoms with Crippen LogP contribution in [-0.4, -0.2) is 20.4 Å². The van der Waals surface area contributed by atoms with E-state index < -0.39 is 0 Å². The van der Waals surface area contributed by atoms with E-state index in [1.807, 2.05) is 67.9 Å². The van der Waals surface area contributed by atoms with E-state index in [1.54, 1.807) is 6.07 Å². The quantitative estimate of drug-likeness (QED) is 0.573. The largest absolute Gasteiger partial charge is 0.342 e. The van der Waals surface area contributed by atoms with Gasteiger partial charge < -0.3 is 14.9 Å². The summed E-state index contributed by atoms with van der Waals surface area (Å²) < 4.78 is 2.01. The van der Waals surface area contributed by atoms with Crippen molar-refractivity contribution < 1.29 is 4.79 Å². The molecule has 0 aliphatic rings. The van der Waals surface area contributed by atoms with Gasteiger partial charge in [0.05, 0.1) is 22.6 Å². The summed E-state index contributed by atoms with van der Waals surface area (Å²) in [5.41, 5.74) is 2.61. The topological polar surface area (TPSA) is 79.8 Å². The Hall–Kier alpha value is -3.41. The number of imidazole rings is 1. The smallest absolute Gasteiger partial charge is 0.252 e. The number of pyridine rings is 1. The van der Waals surface area contributed by atoms with E-state index in [2.05, 4.69) is 10.3 Å². The molecule has 0 aliphatic heterocycles. The Morgan fingerprint density at radius 1 is 1.11 bits per heavy atom. The number of carbonyl (C=O) groups excluding carboxylic acids is 1. The van der Waals surface area contributed by atoms with Gasteiger partial charge in [-0.2, -0.15) is 0 Å². The highest BCUT2D eigenvalue weighted by molar-refractivity contribution is 6.06. The number of H-pyrrole nitrogens is 1. The van der Waals surface area contributed by atoms with Crippen LogP contribution < -0.4 is 10.9 Å². The molecule has 6 nitrogen and oxygen atoms in total. The lowest BCUT2D eigenvalue weighted by Crippen LogP contribution is -2.34. The van der Waals surface area contributed by atoms with E-state index in [1.165, 1.54) is 6.07 Å². The third kappa shape index (κ3) is 3.07. The van der Waals surface area contributed by atoms with Gasteiger partial charge in [0.1, 0.15) is 5.82 Å². The Bertz CT molecular complexity index is 1240. The summed E-state index contributed by atoms with van der Waals surface area (Å²) in [4.78, 5) is 32.7. The minimum atomic E-state index is -0.298. The molecule has 0 saturated carbocycles. The molecule has 6 heteroatoms. The highest BCUT2D eigenvalue weighted by Gasteiger charge is 2.25. The molecule has 4 rings (SSSR count). The zero-order valence-corrected chi connectivity index (χ0v) is 16.1. The van der Waals surface area contributed by atoms with Crippen LogP contribution in [0.4, 0.5) is 0 Å². The van der Waals surface area contributed by atoms with Crippen LogP contribution >= 0.6 is 0 Å². The minimum Gasteiger partial charge on any atom is -0.342 e. The molecular weight excluding hydrogens is 352 g/mol. The molecule has 0 unspecified atom stereocenters. The van der Waals surface area contributed by atoms with Crippen LogP contribution in [0.2, 0.25) is 0 Å². The van der Waals surface area contributed by atoms with E-state index >= 15 is 0 Å². The molecule has 2 aromatic carbocycles. The number of aromatic amines is 1. The predicted molar refractivity (Wildman–Crippen MR) is 110 cm³/mol. The van der Waals surface area contributed by atoms with Crippen LogP contribution in [0.5, 0.6) is 0 Å². The van der Waals surface area contributed by atoms with Gasteiger partial charge in [-0.25, -0.2) is 4.98 Å². The number of amides is 1. The maximum atomic E-state index is 13.1. The standard InChI is InChI=1S/C22H22N4O2/c1-13(2)20(21-24-17-10-6-7-11-18(17)26(21)3)25-22(28)15-12-19(27)23-16-9-5-4-8-14(15)16/h4-13,20H,1-3H3,(H,23,27)(H,25,28)/t20-/m1/s1. The molecule has 0 saturated heterocycles. The monoisotopic (exact) mass is 374 g/mol. The minimum absolute atomic E-state index is 0.118. The maximum absolute atomic E-state index is 13.1. The second-order valence-electron chi connectivity index (χ2n) is 7.31. The number of nitrogens with one attached hydrogen (secondary N) is 2. The average Bonchev–Trinajstić information content (AvgIpc) is 3.01. The third-order valence-corrected chi connectivity index (χ3v) is 5.05. The van der Waals surface area contributed by atoms with Gasteiger partial charge in [-0.15, -0.1) is 0 Å². The molecule has 0 spiro atoms. The van der Waals surface area contributed by atoms with Crippen molar-refractivity contribution in [2.45, 2.75) is 19.9 Å². The molecule has 2 aromatic heterocycles. The van der Waals surface area contributed by atoms with Crippen molar-refractivity contribution in [3.8, 4) is 0 Å². The molecule has 28 heavy (non-hydrogen) atoms. The first-order chi connectivity index (χ1) is 13.5. The van der Waals surface area contributed by atoms with Crippen LogP contribution in [0.15, 0.2) is 59.4 Å². The first kappa shape index (κ1) is 18.0. The molecule has 2 heterocycles. The SMILES string of the molecule is CC(C)[C@@H](NC(=O)c1cc(=O)[nH]c2ccccc12)c1nc2ccccc2n1C. The molecule has 142 valence electrons. The first-order valence-corrected chi connectivity index (χ1v) is 9.30. The van der Waals surface area contributed by atoms with Gasteiger partial charge in [0, 0.05) is 24.0 Å². The summed E-state index contributed by atoms with van der Waals surface area (Å²) >= 11 is 0. The lowest BCUT2D eigenvalue weighted by atomic mass is 10.0. The molecule has 0 fully saturated rings. The normalized spacial score (nSPS) is 12.6. The zero-order valence-electron chi connectivity index (χ0n) is 16.1. The van der Waals surface area contributed by atoms with Crippen LogP contribution in [0, 0.1) is 5.92 Å². The number of rotatable bonds is 4. The molecule has 1 atom stereocenters. The summed E-state index contributed by atoms with van der Waals surface area (Å²) in [5, 5.41) is 3.81. The van der Waals surface area contributed by atoms with Crippen molar-refractivity contribution in [1.82, 2.24) is 19.9 Å². The number of nitrogens with zero attached hydrogens (tertiary/aromatic N) is 2. The van der Waals surface area contributed by atoms with Crippen LogP contribution in [-0.2, 0) is 7.05 Å². The Morgan fingerprint density at radius 3 is 2.57 bits per heavy atom. The second kappa shape index (κ2) is 6.96. The lowest BCUT2D eigenvalue weighted by Gasteiger charge is -2.22. The Balaban J connectivity index is 1.76. The van der Waals surface area contributed by atoms with Gasteiger partial charge in [0.25, 0.3) is 5.91 Å². The van der Waals surface area contributed by atoms with E-state index in [4.69, 9.17) is 4.98 Å². The van der Waals surface area contributed by atoms with Crippen molar-refractivity contribution in [2.24, 2.45) is 13.0 Å². The number of carbonyl (C=O) groups is 1. The van der Waals surface area contributed by atoms with Gasteiger partial charge in [-0.05, 0) is 24.1 Å². The van der Waals surface area contributed by atoms with Crippen LogP contribution in [0.25, 0.3) is 21.9 Å². The summed E-state index contributed by atoms with van der Waals surface area (Å²) in [6.07, 6.45) is 0. The van der Waals surface area contributed by atoms with Gasteiger partial charge in [-0.1, -0.05) is 44.2 Å². The highest BCUT2D eigenvalue weighted by Crippen LogP contribution is 2.25. The van der Waals surface area contributed by atoms with Gasteiger partial charge in [0.2, 0.25) is 5.56 Å². The Labute approximate surface area is 162 Å². The molecule has 0 aliphatic carbocycles. The summed E-state index contributed by atoms with van der Waals surface area (Å²) in [7, 11) is 1.95. The number of hydrogen-bond acceptors (Lipinski definition) is 3. The number of para-hydroxylation sites is 3. The molecule has 0 radical (unpaired) electrons. The highest BCUT2D eigenvalue weighted by atomic mass is 16.2. The van der Waals surface area contributed by atoms with Crippen molar-refractivity contribution in [3.05, 3.63) is 76.3 Å². The molecule has 4 aromatic rings. The van der Waals surface area contributed by atoms with E-state index in [0.717, 1.165) is 16.9 Å². The summed E-state index contributed by atoms with van der Waals surface area (Å²) in [5.74, 6) is 0.625. The number of hydrogen-bond donors (Lipinski definition) is 2. The number of aryl methyl sites for hydroxylation is 1. The number of benzene rings is 2. The van der Waals surface area contributed by atoms with Crippen LogP contribution in [0.3, 0.4) is 0 Å². The maximum Gasteiger partial charge on any atom is 0.252 e. The van der Waals surface area contributed by atoms with Crippen molar-refractivity contribution in [1.29, 1.82) is 0 Å². The molecule has 0 bridgehead atoms. The van der Waals surface area contributed by atoms with Gasteiger partial charge in [0.15, 0.2) is 0 Å². The van der Waals surface area contributed by atoms with Crippen molar-refractivity contribution in [3.63, 3.8) is 0 Å². The summed E-state index contributed by atoms with van der Waals surface area (Å²) in [6, 6.07) is 16.3. The second-order valence-corrected chi connectivity index (χ2v) is 7.31. The lowest BCUT2D eigenvalue weighted by molar-refractivity contribution is 0.0924. The Kier molecular flexibility index (Phi) is 4.47. The van der Waals surface area contributed by atoms with Crippen molar-refractivity contribution >= 4 is 27.8 Å². The number of aromatic nitrogens is 3. The fourth-order valence-corrected chi connectivity index (χ4v) is 3.58. The van der Waals surface area contributed by atoms with E-state index in [0.29, 0.717) is 16.5 Å². The van der Waals surface area contributed by atoms with Crippen LogP contribution in [0.1, 0.15) is 36.1 Å². The molecular formula is C22H22N4O2. The van der Waals surface area contributed by atoms with E-state index in [9.17, 15) is 9.59 Å². The molecule has 2 N–H and O–H groups in total. The zero-order chi connectivity index (χ0) is 19.8. The van der Waals surface area contributed by atoms with Gasteiger partial charge >= 0.3 is 0 Å². The Morgan fingerprint density at radius 2 is 1.82 bits per heavy atom. The fraction of sp³-hybridized carbons (Fsp3) is 0.227. The fourth-order valence-electron chi connectivity index (χ4n) is 3.58. The average molecular weight is 374 g/mol. The van der Waals surface area contributed by atoms with Gasteiger partial charge in [-0.3, -0.25) is 9.59 Å². The van der Waals surface area contributed by atoms with Crippen molar-refractivity contribution in [2.75, 3.05) is 0 Å². The number of fused-ring (bicyclic) bond motifs is 2. The third-order valence-electron chi connectivity index (χ3n) is 5.05. The summed E-state index contributed by atoms with van der Waals surface area (Å²) in [6.45, 7) is 4.08. The van der Waals surface area contributed by atoms with E-state index in [-0.39, 0.29) is 23.4 Å². The predicted octanol–water partition coefficient (Wildman–Crippen LogP) is 3.54. The molecule has 1 amide bonds.